The molecular weight excluding hydrogens is 306 g/mol. The van der Waals surface area contributed by atoms with Gasteiger partial charge in [-0.05, 0) is 23.8 Å². The zero-order valence-electron chi connectivity index (χ0n) is 11.2. The maximum atomic E-state index is 11.6. The standard InChI is InChI=1S/C13H11N5O3S/c19-12(9-22-13-14-6-1-7-15-13)17-16-8-10-2-4-11(5-3-10)18(20)21/h1-8H,9H2,(H,17,19)/b16-8-. The van der Waals surface area contributed by atoms with E-state index in [9.17, 15) is 14.9 Å². The van der Waals surface area contributed by atoms with Crippen LogP contribution in [-0.4, -0.2) is 32.8 Å². The quantitative estimate of drug-likeness (QED) is 0.285. The van der Waals surface area contributed by atoms with Crippen molar-refractivity contribution in [3.8, 4) is 0 Å². The van der Waals surface area contributed by atoms with Crippen LogP contribution in [0.25, 0.3) is 0 Å². The molecule has 1 amide bonds. The summed E-state index contributed by atoms with van der Waals surface area (Å²) in [6, 6.07) is 7.51. The molecule has 0 spiro atoms. The van der Waals surface area contributed by atoms with Crippen LogP contribution in [-0.2, 0) is 4.79 Å². The summed E-state index contributed by atoms with van der Waals surface area (Å²) in [5, 5.41) is 14.8. The van der Waals surface area contributed by atoms with E-state index < -0.39 is 4.92 Å². The van der Waals surface area contributed by atoms with Crippen molar-refractivity contribution in [3.63, 3.8) is 0 Å². The number of nitrogens with one attached hydrogen (secondary N) is 1. The lowest BCUT2D eigenvalue weighted by molar-refractivity contribution is -0.384. The molecule has 1 aromatic carbocycles. The third kappa shape index (κ3) is 4.94. The lowest BCUT2D eigenvalue weighted by atomic mass is 10.2. The number of aromatic nitrogens is 2. The van der Waals surface area contributed by atoms with Gasteiger partial charge in [-0.3, -0.25) is 14.9 Å². The Bertz CT molecular complexity index is 676. The molecule has 112 valence electrons. The van der Waals surface area contributed by atoms with Crippen molar-refractivity contribution in [3.05, 3.63) is 58.4 Å². The topological polar surface area (TPSA) is 110 Å². The van der Waals surface area contributed by atoms with E-state index in [0.29, 0.717) is 10.7 Å². The number of nitro groups is 1. The molecule has 1 aromatic heterocycles. The summed E-state index contributed by atoms with van der Waals surface area (Å²) < 4.78 is 0. The van der Waals surface area contributed by atoms with Crippen molar-refractivity contribution < 1.29 is 9.72 Å². The van der Waals surface area contributed by atoms with Crippen molar-refractivity contribution >= 4 is 29.6 Å². The van der Waals surface area contributed by atoms with Crippen LogP contribution in [0.2, 0.25) is 0 Å². The smallest absolute Gasteiger partial charge is 0.269 e. The van der Waals surface area contributed by atoms with E-state index in [4.69, 9.17) is 0 Å². The van der Waals surface area contributed by atoms with Crippen LogP contribution < -0.4 is 5.43 Å². The maximum Gasteiger partial charge on any atom is 0.269 e. The van der Waals surface area contributed by atoms with Gasteiger partial charge < -0.3 is 0 Å². The number of nitro benzene ring substituents is 1. The van der Waals surface area contributed by atoms with Gasteiger partial charge in [-0.25, -0.2) is 15.4 Å². The van der Waals surface area contributed by atoms with Gasteiger partial charge in [0, 0.05) is 24.5 Å². The number of non-ortho nitro benzene ring substituents is 1. The molecule has 0 aliphatic rings. The Hall–Kier alpha value is -2.81. The normalized spacial score (nSPS) is 10.5. The van der Waals surface area contributed by atoms with Crippen molar-refractivity contribution in [2.24, 2.45) is 5.10 Å². The number of nitrogens with zero attached hydrogens (tertiary/aromatic N) is 4. The van der Waals surface area contributed by atoms with Gasteiger partial charge in [0.25, 0.3) is 11.6 Å². The van der Waals surface area contributed by atoms with Gasteiger partial charge in [0.1, 0.15) is 0 Å². The first-order valence-corrected chi connectivity index (χ1v) is 7.10. The first-order valence-electron chi connectivity index (χ1n) is 6.11. The number of carbonyl (C=O) groups is 1. The molecule has 1 heterocycles. The molecular formula is C13H11N5O3S. The Kier molecular flexibility index (Phi) is 5.55. The molecule has 0 fully saturated rings. The molecule has 22 heavy (non-hydrogen) atoms. The lowest BCUT2D eigenvalue weighted by Crippen LogP contribution is -2.19. The van der Waals surface area contributed by atoms with E-state index in [-0.39, 0.29) is 17.3 Å². The monoisotopic (exact) mass is 317 g/mol. The van der Waals surface area contributed by atoms with Crippen LogP contribution in [0.5, 0.6) is 0 Å². The van der Waals surface area contributed by atoms with E-state index in [1.165, 1.54) is 30.1 Å². The SMILES string of the molecule is O=C(CSc1ncccn1)N/N=C\c1ccc([N+](=O)[O-])cc1. The number of hydrogen-bond acceptors (Lipinski definition) is 7. The van der Waals surface area contributed by atoms with Gasteiger partial charge in [-0.2, -0.15) is 5.10 Å². The van der Waals surface area contributed by atoms with Crippen LogP contribution in [0.3, 0.4) is 0 Å². The fourth-order valence-corrected chi connectivity index (χ4v) is 1.98. The fourth-order valence-electron chi connectivity index (χ4n) is 1.38. The zero-order chi connectivity index (χ0) is 15.8. The van der Waals surface area contributed by atoms with Crippen LogP contribution >= 0.6 is 11.8 Å². The Balaban J connectivity index is 1.79. The molecule has 2 rings (SSSR count). The summed E-state index contributed by atoms with van der Waals surface area (Å²) in [6.07, 6.45) is 4.60. The number of carbonyl (C=O) groups excluding carboxylic acids is 1. The number of benzene rings is 1. The number of hydrazone groups is 1. The Labute approximate surface area is 129 Å². The summed E-state index contributed by atoms with van der Waals surface area (Å²) in [5.41, 5.74) is 3.00. The number of amides is 1. The third-order valence-corrected chi connectivity index (χ3v) is 3.26. The number of rotatable bonds is 6. The molecule has 0 aliphatic carbocycles. The second-order valence-electron chi connectivity index (χ2n) is 3.96. The van der Waals surface area contributed by atoms with E-state index in [0.717, 1.165) is 0 Å². The fraction of sp³-hybridized carbons (Fsp3) is 0.0769. The molecule has 2 aromatic rings. The van der Waals surface area contributed by atoms with Crippen LogP contribution in [0.15, 0.2) is 53.0 Å². The van der Waals surface area contributed by atoms with Crippen molar-refractivity contribution in [2.45, 2.75) is 5.16 Å². The molecule has 0 saturated carbocycles. The van der Waals surface area contributed by atoms with E-state index >= 15 is 0 Å². The highest BCUT2D eigenvalue weighted by atomic mass is 32.2. The highest BCUT2D eigenvalue weighted by molar-refractivity contribution is 7.99. The van der Waals surface area contributed by atoms with Gasteiger partial charge >= 0.3 is 0 Å². The van der Waals surface area contributed by atoms with Crippen LogP contribution in [0, 0.1) is 10.1 Å². The molecule has 0 saturated heterocycles. The molecule has 0 radical (unpaired) electrons. The van der Waals surface area contributed by atoms with Crippen molar-refractivity contribution in [2.75, 3.05) is 5.75 Å². The summed E-state index contributed by atoms with van der Waals surface area (Å²) in [5.74, 6) is -0.155. The zero-order valence-corrected chi connectivity index (χ0v) is 12.1. The Morgan fingerprint density at radius 3 is 2.64 bits per heavy atom. The molecule has 1 N–H and O–H groups in total. The van der Waals surface area contributed by atoms with Crippen molar-refractivity contribution in [1.29, 1.82) is 0 Å². The second kappa shape index (κ2) is 7.84. The minimum Gasteiger partial charge on any atom is -0.272 e. The maximum absolute atomic E-state index is 11.6. The van der Waals surface area contributed by atoms with Gasteiger partial charge in [0.2, 0.25) is 0 Å². The molecule has 8 nitrogen and oxygen atoms in total. The molecule has 0 atom stereocenters. The Morgan fingerprint density at radius 1 is 1.32 bits per heavy atom. The largest absolute Gasteiger partial charge is 0.272 e. The first-order chi connectivity index (χ1) is 10.6. The van der Waals surface area contributed by atoms with E-state index in [1.807, 2.05) is 0 Å². The minimum absolute atomic E-state index is 0.000414. The highest BCUT2D eigenvalue weighted by Gasteiger charge is 2.04. The molecule has 9 heteroatoms. The summed E-state index contributed by atoms with van der Waals surface area (Å²) in [4.78, 5) is 29.5. The summed E-state index contributed by atoms with van der Waals surface area (Å²) >= 11 is 1.20. The lowest BCUT2D eigenvalue weighted by Gasteiger charge is -1.99. The average Bonchev–Trinajstić information content (AvgIpc) is 2.54. The third-order valence-electron chi connectivity index (χ3n) is 2.38. The summed E-state index contributed by atoms with van der Waals surface area (Å²) in [6.45, 7) is 0. The summed E-state index contributed by atoms with van der Waals surface area (Å²) in [7, 11) is 0. The number of hydrogen-bond donors (Lipinski definition) is 1. The predicted molar refractivity (Wildman–Crippen MR) is 81.6 cm³/mol. The number of thioether (sulfide) groups is 1. The van der Waals surface area contributed by atoms with Gasteiger partial charge in [0.05, 0.1) is 16.9 Å². The van der Waals surface area contributed by atoms with Crippen LogP contribution in [0.4, 0.5) is 5.69 Å². The van der Waals surface area contributed by atoms with Gasteiger partial charge in [-0.15, -0.1) is 0 Å². The predicted octanol–water partition coefficient (Wildman–Crippen LogP) is 1.63. The van der Waals surface area contributed by atoms with E-state index in [2.05, 4.69) is 20.5 Å². The molecule has 0 unspecified atom stereocenters. The van der Waals surface area contributed by atoms with Crippen LogP contribution in [0.1, 0.15) is 5.56 Å². The average molecular weight is 317 g/mol. The highest BCUT2D eigenvalue weighted by Crippen LogP contribution is 2.11. The molecule has 0 bridgehead atoms. The second-order valence-corrected chi connectivity index (χ2v) is 4.90. The van der Waals surface area contributed by atoms with Gasteiger partial charge in [-0.1, -0.05) is 11.8 Å². The van der Waals surface area contributed by atoms with E-state index in [1.54, 1.807) is 30.6 Å². The first kappa shape index (κ1) is 15.6. The van der Waals surface area contributed by atoms with Gasteiger partial charge in [0.15, 0.2) is 5.16 Å². The minimum atomic E-state index is -0.481. The van der Waals surface area contributed by atoms with Crippen molar-refractivity contribution in [1.82, 2.24) is 15.4 Å². The molecule has 0 aliphatic heterocycles. The Morgan fingerprint density at radius 2 is 2.00 bits per heavy atom.